The third-order valence-electron chi connectivity index (χ3n) is 3.83. The molecule has 0 bridgehead atoms. The summed E-state index contributed by atoms with van der Waals surface area (Å²) < 4.78 is 7.33. The van der Waals surface area contributed by atoms with Crippen molar-refractivity contribution < 1.29 is 19.1 Å². The van der Waals surface area contributed by atoms with E-state index in [4.69, 9.17) is 4.74 Å². The van der Waals surface area contributed by atoms with Gasteiger partial charge in [0.15, 0.2) is 0 Å². The van der Waals surface area contributed by atoms with Crippen molar-refractivity contribution in [2.45, 2.75) is 27.2 Å². The minimum Gasteiger partial charge on any atom is -0.462 e. The molecule has 0 aliphatic carbocycles. The number of hydrogen-bond acceptors (Lipinski definition) is 5. The van der Waals surface area contributed by atoms with Crippen molar-refractivity contribution >= 4 is 39.3 Å². The zero-order valence-corrected chi connectivity index (χ0v) is 16.6. The molecule has 0 saturated carbocycles. The van der Waals surface area contributed by atoms with Gasteiger partial charge in [-0.2, -0.15) is 5.10 Å². The second-order valence-electron chi connectivity index (χ2n) is 5.78. The van der Waals surface area contributed by atoms with Crippen LogP contribution < -0.4 is 5.32 Å². The van der Waals surface area contributed by atoms with E-state index in [1.807, 2.05) is 6.92 Å². The summed E-state index contributed by atoms with van der Waals surface area (Å²) in [6.07, 6.45) is 0.680. The average molecular weight is 422 g/mol. The number of Topliss-reactive ketones (excluding diaryl/α,β-unsaturated/α-hetero) is 1. The molecule has 0 spiro atoms. The monoisotopic (exact) mass is 421 g/mol. The highest BCUT2D eigenvalue weighted by molar-refractivity contribution is 9.10. The lowest BCUT2D eigenvalue weighted by molar-refractivity contribution is -0.112. The van der Waals surface area contributed by atoms with Crippen molar-refractivity contribution in [2.75, 3.05) is 11.9 Å². The van der Waals surface area contributed by atoms with Crippen LogP contribution in [0.25, 0.3) is 0 Å². The van der Waals surface area contributed by atoms with Crippen LogP contribution in [0, 0.1) is 13.8 Å². The number of anilines is 1. The van der Waals surface area contributed by atoms with E-state index in [-0.39, 0.29) is 23.4 Å². The quantitative estimate of drug-likeness (QED) is 0.439. The van der Waals surface area contributed by atoms with Crippen molar-refractivity contribution in [3.05, 3.63) is 45.2 Å². The van der Waals surface area contributed by atoms with Gasteiger partial charge in [0.25, 0.3) is 11.7 Å². The topological polar surface area (TPSA) is 90.3 Å². The molecule has 0 fully saturated rings. The number of carbonyl (C=O) groups excluding carboxylic acids is 3. The average Bonchev–Trinajstić information content (AvgIpc) is 2.85. The molecule has 0 unspecified atom stereocenters. The highest BCUT2D eigenvalue weighted by Crippen LogP contribution is 2.23. The van der Waals surface area contributed by atoms with Gasteiger partial charge < -0.3 is 10.1 Å². The fourth-order valence-electron chi connectivity index (χ4n) is 2.46. The summed E-state index contributed by atoms with van der Waals surface area (Å²) in [6, 6.07) is 4.75. The van der Waals surface area contributed by atoms with Gasteiger partial charge in [-0.15, -0.1) is 0 Å². The van der Waals surface area contributed by atoms with Crippen LogP contribution in [0.4, 0.5) is 5.69 Å². The Balaban J connectivity index is 2.28. The smallest absolute Gasteiger partial charge is 0.340 e. The highest BCUT2D eigenvalue weighted by Gasteiger charge is 2.25. The molecule has 26 heavy (non-hydrogen) atoms. The Morgan fingerprint density at radius 2 is 1.96 bits per heavy atom. The number of ether oxygens (including phenoxy) is 1. The Bertz CT molecular complexity index is 874. The number of nitrogens with zero attached hydrogens (tertiary/aromatic N) is 2. The van der Waals surface area contributed by atoms with Crippen LogP contribution in [0.1, 0.15) is 45.4 Å². The lowest BCUT2D eigenvalue weighted by Crippen LogP contribution is -2.25. The van der Waals surface area contributed by atoms with Gasteiger partial charge in [0.05, 0.1) is 29.1 Å². The Labute approximate surface area is 159 Å². The first kappa shape index (κ1) is 19.8. The molecule has 1 N–H and O–H groups in total. The van der Waals surface area contributed by atoms with Gasteiger partial charge >= 0.3 is 5.97 Å². The maximum atomic E-state index is 12.5. The van der Waals surface area contributed by atoms with Crippen LogP contribution in [-0.4, -0.2) is 34.0 Å². The number of rotatable bonds is 6. The van der Waals surface area contributed by atoms with Gasteiger partial charge in [-0.1, -0.05) is 22.9 Å². The lowest BCUT2D eigenvalue weighted by Gasteiger charge is -2.11. The van der Waals surface area contributed by atoms with Crippen LogP contribution in [0.15, 0.2) is 22.7 Å². The number of nitrogens with one attached hydrogen (secondary N) is 1. The number of amides is 1. The van der Waals surface area contributed by atoms with E-state index in [0.29, 0.717) is 22.3 Å². The van der Waals surface area contributed by atoms with Crippen molar-refractivity contribution in [1.82, 2.24) is 9.78 Å². The predicted molar refractivity (Wildman–Crippen MR) is 100 cm³/mol. The van der Waals surface area contributed by atoms with E-state index in [9.17, 15) is 14.4 Å². The Hall–Kier alpha value is -2.48. The number of hydrogen-bond donors (Lipinski definition) is 1. The molecule has 138 valence electrons. The number of aryl methyl sites for hydroxylation is 2. The van der Waals surface area contributed by atoms with Crippen molar-refractivity contribution in [2.24, 2.45) is 7.05 Å². The molecule has 1 heterocycles. The molecular weight excluding hydrogens is 402 g/mol. The number of aromatic nitrogens is 2. The molecule has 0 radical (unpaired) electrons. The van der Waals surface area contributed by atoms with Gasteiger partial charge in [-0.05, 0) is 38.5 Å². The van der Waals surface area contributed by atoms with Crippen LogP contribution in [0.3, 0.4) is 0 Å². The fourth-order valence-corrected chi connectivity index (χ4v) is 2.82. The second kappa shape index (κ2) is 8.27. The summed E-state index contributed by atoms with van der Waals surface area (Å²) in [5.74, 6) is -2.11. The summed E-state index contributed by atoms with van der Waals surface area (Å²) in [5, 5.41) is 6.66. The third kappa shape index (κ3) is 4.19. The maximum absolute atomic E-state index is 12.5. The summed E-state index contributed by atoms with van der Waals surface area (Å²) in [4.78, 5) is 37.2. The first-order chi connectivity index (χ1) is 12.3. The maximum Gasteiger partial charge on any atom is 0.340 e. The first-order valence-corrected chi connectivity index (χ1v) is 8.88. The second-order valence-corrected chi connectivity index (χ2v) is 6.69. The molecule has 0 saturated heterocycles. The van der Waals surface area contributed by atoms with Crippen LogP contribution in [0.2, 0.25) is 0 Å². The zero-order chi connectivity index (χ0) is 19.4. The minimum atomic E-state index is -0.837. The normalized spacial score (nSPS) is 10.5. The van der Waals surface area contributed by atoms with Crippen LogP contribution in [-0.2, 0) is 16.6 Å². The molecule has 8 heteroatoms. The summed E-state index contributed by atoms with van der Waals surface area (Å²) >= 11 is 3.29. The van der Waals surface area contributed by atoms with E-state index in [1.54, 1.807) is 43.8 Å². The van der Waals surface area contributed by atoms with Gasteiger partial charge in [-0.25, -0.2) is 4.79 Å². The number of halogens is 1. The molecule has 0 aliphatic rings. The standard InChI is InChI=1S/C18H20BrN3O4/c1-5-8-26-18(25)13-9-12(19)6-7-14(13)20-17(24)16(23)15-10(2)21-22(4)11(15)3/h6-7,9H,5,8H2,1-4H3,(H,20,24). The Morgan fingerprint density at radius 3 is 2.54 bits per heavy atom. The van der Waals surface area contributed by atoms with Gasteiger partial charge in [0, 0.05) is 17.2 Å². The number of benzene rings is 1. The van der Waals surface area contributed by atoms with Crippen molar-refractivity contribution in [3.8, 4) is 0 Å². The van der Waals surface area contributed by atoms with Crippen molar-refractivity contribution in [3.63, 3.8) is 0 Å². The largest absolute Gasteiger partial charge is 0.462 e. The number of esters is 1. The van der Waals surface area contributed by atoms with Crippen LogP contribution >= 0.6 is 15.9 Å². The molecule has 0 aliphatic heterocycles. The van der Waals surface area contributed by atoms with E-state index in [0.717, 1.165) is 0 Å². The lowest BCUT2D eigenvalue weighted by atomic mass is 10.1. The van der Waals surface area contributed by atoms with Gasteiger partial charge in [0.2, 0.25) is 0 Å². The SMILES string of the molecule is CCCOC(=O)c1cc(Br)ccc1NC(=O)C(=O)c1c(C)nn(C)c1C. The molecule has 1 aromatic carbocycles. The Kier molecular flexibility index (Phi) is 6.31. The molecular formula is C18H20BrN3O4. The van der Waals surface area contributed by atoms with E-state index >= 15 is 0 Å². The fraction of sp³-hybridized carbons (Fsp3) is 0.333. The summed E-state index contributed by atoms with van der Waals surface area (Å²) in [6.45, 7) is 5.54. The molecule has 7 nitrogen and oxygen atoms in total. The van der Waals surface area contributed by atoms with E-state index < -0.39 is 17.7 Å². The minimum absolute atomic E-state index is 0.175. The van der Waals surface area contributed by atoms with Gasteiger partial charge in [-0.3, -0.25) is 14.3 Å². The predicted octanol–water partition coefficient (Wildman–Crippen LogP) is 3.19. The molecule has 2 rings (SSSR count). The molecule has 1 amide bonds. The molecule has 0 atom stereocenters. The zero-order valence-electron chi connectivity index (χ0n) is 15.1. The number of carbonyl (C=O) groups is 3. The van der Waals surface area contributed by atoms with E-state index in [1.165, 1.54) is 0 Å². The third-order valence-corrected chi connectivity index (χ3v) is 4.32. The summed E-state index contributed by atoms with van der Waals surface area (Å²) in [7, 11) is 1.70. The van der Waals surface area contributed by atoms with Crippen molar-refractivity contribution in [1.29, 1.82) is 0 Å². The van der Waals surface area contributed by atoms with Crippen LogP contribution in [0.5, 0.6) is 0 Å². The number of ketones is 1. The Morgan fingerprint density at radius 1 is 1.27 bits per heavy atom. The van der Waals surface area contributed by atoms with Gasteiger partial charge in [0.1, 0.15) is 0 Å². The highest BCUT2D eigenvalue weighted by atomic mass is 79.9. The van der Waals surface area contributed by atoms with E-state index in [2.05, 4.69) is 26.3 Å². The summed E-state index contributed by atoms with van der Waals surface area (Å²) in [5.41, 5.74) is 1.72. The molecule has 2 aromatic rings. The molecule has 1 aromatic heterocycles. The first-order valence-electron chi connectivity index (χ1n) is 8.08.